The highest BCUT2D eigenvalue weighted by Gasteiger charge is 2.30. The Labute approximate surface area is 149 Å². The Kier molecular flexibility index (Phi) is 8.02. The number of carbonyl (C=O) groups excluding carboxylic acids is 1. The topological polar surface area (TPSA) is 75.4 Å². The summed E-state index contributed by atoms with van der Waals surface area (Å²) in [6, 6.07) is 0.202. The molecular formula is C15H25Cl2N5O. The van der Waals surface area contributed by atoms with Crippen LogP contribution in [-0.4, -0.2) is 53.0 Å². The number of rotatable bonds is 2. The predicted molar refractivity (Wildman–Crippen MR) is 95.3 cm³/mol. The van der Waals surface area contributed by atoms with Crippen molar-refractivity contribution in [2.24, 2.45) is 11.7 Å². The van der Waals surface area contributed by atoms with Crippen LogP contribution in [0.2, 0.25) is 0 Å². The lowest BCUT2D eigenvalue weighted by Gasteiger charge is -2.38. The first-order valence-corrected chi connectivity index (χ1v) is 7.79. The lowest BCUT2D eigenvalue weighted by Crippen LogP contribution is -2.51. The molecule has 2 unspecified atom stereocenters. The third-order valence-electron chi connectivity index (χ3n) is 4.53. The number of nitrogens with two attached hydrogens (primary N) is 1. The van der Waals surface area contributed by atoms with Crippen LogP contribution in [-0.2, 0) is 4.79 Å². The second-order valence-electron chi connectivity index (χ2n) is 6.00. The van der Waals surface area contributed by atoms with Crippen molar-refractivity contribution in [3.63, 3.8) is 0 Å². The van der Waals surface area contributed by atoms with Gasteiger partial charge in [-0.25, -0.2) is 4.98 Å². The maximum absolute atomic E-state index is 12.6. The molecule has 1 saturated carbocycles. The van der Waals surface area contributed by atoms with Crippen molar-refractivity contribution >= 4 is 36.5 Å². The molecule has 2 atom stereocenters. The summed E-state index contributed by atoms with van der Waals surface area (Å²) in [6.07, 6.45) is 9.14. The Morgan fingerprint density at radius 1 is 1.13 bits per heavy atom. The number of amides is 1. The minimum atomic E-state index is 0. The van der Waals surface area contributed by atoms with Gasteiger partial charge >= 0.3 is 0 Å². The molecule has 2 aliphatic rings. The first kappa shape index (κ1) is 19.9. The van der Waals surface area contributed by atoms with Gasteiger partial charge in [0.1, 0.15) is 5.82 Å². The summed E-state index contributed by atoms with van der Waals surface area (Å²) >= 11 is 0. The molecule has 0 radical (unpaired) electrons. The molecule has 2 N–H and O–H groups in total. The van der Waals surface area contributed by atoms with Crippen molar-refractivity contribution in [2.75, 3.05) is 31.1 Å². The molecule has 1 aliphatic carbocycles. The van der Waals surface area contributed by atoms with Crippen molar-refractivity contribution in [3.05, 3.63) is 18.6 Å². The van der Waals surface area contributed by atoms with E-state index in [0.717, 1.165) is 57.7 Å². The molecule has 1 saturated heterocycles. The summed E-state index contributed by atoms with van der Waals surface area (Å²) in [5, 5.41) is 0. The third kappa shape index (κ3) is 4.93. The zero-order valence-electron chi connectivity index (χ0n) is 13.1. The molecular weight excluding hydrogens is 337 g/mol. The number of anilines is 1. The van der Waals surface area contributed by atoms with E-state index in [1.807, 2.05) is 4.90 Å². The fourth-order valence-corrected chi connectivity index (χ4v) is 3.32. The second kappa shape index (κ2) is 9.25. The fourth-order valence-electron chi connectivity index (χ4n) is 3.32. The van der Waals surface area contributed by atoms with Crippen LogP contribution < -0.4 is 10.6 Å². The highest BCUT2D eigenvalue weighted by Crippen LogP contribution is 2.25. The van der Waals surface area contributed by atoms with Crippen LogP contribution in [0.15, 0.2) is 18.6 Å². The number of hydrogen-bond donors (Lipinski definition) is 1. The van der Waals surface area contributed by atoms with Crippen LogP contribution in [0.4, 0.5) is 5.82 Å². The van der Waals surface area contributed by atoms with E-state index in [4.69, 9.17) is 5.73 Å². The Morgan fingerprint density at radius 2 is 1.87 bits per heavy atom. The minimum Gasteiger partial charge on any atom is -0.352 e. The van der Waals surface area contributed by atoms with Gasteiger partial charge in [0, 0.05) is 50.5 Å². The third-order valence-corrected chi connectivity index (χ3v) is 4.53. The highest BCUT2D eigenvalue weighted by molar-refractivity contribution is 5.85. The second-order valence-corrected chi connectivity index (χ2v) is 6.00. The van der Waals surface area contributed by atoms with Crippen LogP contribution in [0.3, 0.4) is 0 Å². The van der Waals surface area contributed by atoms with Gasteiger partial charge in [-0.15, -0.1) is 24.8 Å². The Bertz CT molecular complexity index is 482. The van der Waals surface area contributed by atoms with Gasteiger partial charge in [0.2, 0.25) is 5.91 Å². The summed E-state index contributed by atoms with van der Waals surface area (Å²) in [4.78, 5) is 25.2. The van der Waals surface area contributed by atoms with E-state index in [2.05, 4.69) is 14.9 Å². The van der Waals surface area contributed by atoms with Gasteiger partial charge in [0.15, 0.2) is 0 Å². The molecule has 1 aliphatic heterocycles. The van der Waals surface area contributed by atoms with Gasteiger partial charge in [-0.2, -0.15) is 0 Å². The lowest BCUT2D eigenvalue weighted by molar-refractivity contribution is -0.137. The van der Waals surface area contributed by atoms with E-state index in [1.54, 1.807) is 18.6 Å². The van der Waals surface area contributed by atoms with E-state index in [1.165, 1.54) is 0 Å². The average molecular weight is 362 g/mol. The van der Waals surface area contributed by atoms with Crippen LogP contribution in [0.25, 0.3) is 0 Å². The largest absolute Gasteiger partial charge is 0.352 e. The number of halogens is 2. The molecule has 6 nitrogen and oxygen atoms in total. The van der Waals surface area contributed by atoms with E-state index in [-0.39, 0.29) is 36.8 Å². The predicted octanol–water partition coefficient (Wildman–Crippen LogP) is 1.49. The number of hydrogen-bond acceptors (Lipinski definition) is 5. The molecule has 1 amide bonds. The molecule has 1 aromatic heterocycles. The minimum absolute atomic E-state index is 0. The van der Waals surface area contributed by atoms with Crippen LogP contribution >= 0.6 is 24.8 Å². The van der Waals surface area contributed by atoms with E-state index >= 15 is 0 Å². The Hall–Kier alpha value is -1.11. The van der Waals surface area contributed by atoms with Crippen molar-refractivity contribution in [2.45, 2.75) is 31.7 Å². The highest BCUT2D eigenvalue weighted by atomic mass is 35.5. The molecule has 0 bridgehead atoms. The first-order valence-electron chi connectivity index (χ1n) is 7.79. The van der Waals surface area contributed by atoms with Gasteiger partial charge in [0.05, 0.1) is 6.20 Å². The monoisotopic (exact) mass is 361 g/mol. The molecule has 0 aromatic carbocycles. The van der Waals surface area contributed by atoms with Crippen LogP contribution in [0.5, 0.6) is 0 Å². The molecule has 8 heteroatoms. The zero-order valence-corrected chi connectivity index (χ0v) is 14.8. The summed E-state index contributed by atoms with van der Waals surface area (Å²) in [5.74, 6) is 1.32. The van der Waals surface area contributed by atoms with Gasteiger partial charge in [-0.3, -0.25) is 9.78 Å². The van der Waals surface area contributed by atoms with Crippen molar-refractivity contribution < 1.29 is 4.79 Å². The van der Waals surface area contributed by atoms with Crippen LogP contribution in [0, 0.1) is 5.92 Å². The summed E-state index contributed by atoms with van der Waals surface area (Å²) in [6.45, 7) is 3.18. The van der Waals surface area contributed by atoms with Gasteiger partial charge in [-0.05, 0) is 19.3 Å². The van der Waals surface area contributed by atoms with Gasteiger partial charge in [-0.1, -0.05) is 6.42 Å². The molecule has 2 heterocycles. The Morgan fingerprint density at radius 3 is 2.48 bits per heavy atom. The first-order chi connectivity index (χ1) is 10.2. The number of nitrogens with zero attached hydrogens (tertiary/aromatic N) is 4. The van der Waals surface area contributed by atoms with Crippen molar-refractivity contribution in [1.82, 2.24) is 14.9 Å². The normalized spacial score (nSPS) is 24.4. The van der Waals surface area contributed by atoms with E-state index < -0.39 is 0 Å². The average Bonchev–Trinajstić information content (AvgIpc) is 2.55. The summed E-state index contributed by atoms with van der Waals surface area (Å²) in [7, 11) is 0. The number of aromatic nitrogens is 2. The molecule has 130 valence electrons. The van der Waals surface area contributed by atoms with Crippen molar-refractivity contribution in [3.8, 4) is 0 Å². The van der Waals surface area contributed by atoms with Gasteiger partial charge < -0.3 is 15.5 Å². The lowest BCUT2D eigenvalue weighted by atomic mass is 9.85. The zero-order chi connectivity index (χ0) is 14.7. The SMILES string of the molecule is Cl.Cl.NC1CCCC(C(=O)N2CCN(c3cnccn3)CC2)C1. The smallest absolute Gasteiger partial charge is 0.225 e. The number of piperazine rings is 1. The van der Waals surface area contributed by atoms with E-state index in [0.29, 0.717) is 5.91 Å². The van der Waals surface area contributed by atoms with Crippen LogP contribution in [0.1, 0.15) is 25.7 Å². The molecule has 1 aromatic rings. The maximum Gasteiger partial charge on any atom is 0.225 e. The molecule has 0 spiro atoms. The quantitative estimate of drug-likeness (QED) is 0.863. The fraction of sp³-hybridized carbons (Fsp3) is 0.667. The van der Waals surface area contributed by atoms with E-state index in [9.17, 15) is 4.79 Å². The Balaban J connectivity index is 0.00000132. The standard InChI is InChI=1S/C15H23N5O.2ClH/c16-13-3-1-2-12(10-13)15(21)20-8-6-19(7-9-20)14-11-17-4-5-18-14;;/h4-5,11-13H,1-3,6-10,16H2;2*1H. The number of carbonyl (C=O) groups is 1. The summed E-state index contributed by atoms with van der Waals surface area (Å²) < 4.78 is 0. The molecule has 23 heavy (non-hydrogen) atoms. The molecule has 3 rings (SSSR count). The maximum atomic E-state index is 12.6. The van der Waals surface area contributed by atoms with Gasteiger partial charge in [0.25, 0.3) is 0 Å². The molecule has 2 fully saturated rings. The summed E-state index contributed by atoms with van der Waals surface area (Å²) in [5.41, 5.74) is 6.00. The van der Waals surface area contributed by atoms with Crippen molar-refractivity contribution in [1.29, 1.82) is 0 Å².